The van der Waals surface area contributed by atoms with Crippen LogP contribution in [0.15, 0.2) is 52.9 Å². The van der Waals surface area contributed by atoms with E-state index >= 15 is 0 Å². The van der Waals surface area contributed by atoms with Crippen molar-refractivity contribution in [2.45, 2.75) is 12.7 Å². The summed E-state index contributed by atoms with van der Waals surface area (Å²) < 4.78 is 48.4. The van der Waals surface area contributed by atoms with E-state index in [1.54, 1.807) is 24.3 Å². The van der Waals surface area contributed by atoms with Crippen molar-refractivity contribution in [1.82, 2.24) is 15.5 Å². The van der Waals surface area contributed by atoms with Crippen LogP contribution in [0.4, 0.5) is 13.2 Å². The van der Waals surface area contributed by atoms with Crippen molar-refractivity contribution in [2.75, 3.05) is 7.11 Å². The molecule has 6 nitrogen and oxygen atoms in total. The summed E-state index contributed by atoms with van der Waals surface area (Å²) >= 11 is 0. The van der Waals surface area contributed by atoms with Gasteiger partial charge in [-0.05, 0) is 36.4 Å². The fraction of sp³-hybridized carbons (Fsp3) is 0.167. The second-order valence-corrected chi connectivity index (χ2v) is 5.46. The number of para-hydroxylation sites is 1. The van der Waals surface area contributed by atoms with E-state index in [0.717, 1.165) is 24.3 Å². The summed E-state index contributed by atoms with van der Waals surface area (Å²) in [5.41, 5.74) is -0.127. The third-order valence-corrected chi connectivity index (χ3v) is 3.68. The summed E-state index contributed by atoms with van der Waals surface area (Å²) in [6, 6.07) is 11.0. The number of benzene rings is 2. The number of aromatic nitrogens is 2. The Morgan fingerprint density at radius 2 is 1.81 bits per heavy atom. The number of alkyl halides is 3. The van der Waals surface area contributed by atoms with Crippen molar-refractivity contribution < 1.29 is 27.1 Å². The molecule has 1 N–H and O–H groups in total. The van der Waals surface area contributed by atoms with Crippen LogP contribution >= 0.6 is 0 Å². The molecule has 1 aromatic heterocycles. The highest BCUT2D eigenvalue weighted by molar-refractivity contribution is 5.94. The zero-order valence-corrected chi connectivity index (χ0v) is 14.1. The molecule has 1 heterocycles. The van der Waals surface area contributed by atoms with Gasteiger partial charge in [-0.15, -0.1) is 10.2 Å². The smallest absolute Gasteiger partial charge is 0.416 e. The molecule has 140 valence electrons. The first-order valence-corrected chi connectivity index (χ1v) is 7.79. The van der Waals surface area contributed by atoms with Crippen LogP contribution in [0.3, 0.4) is 0 Å². The number of rotatable bonds is 5. The summed E-state index contributed by atoms with van der Waals surface area (Å²) in [6.45, 7) is -0.0675. The number of carbonyl (C=O) groups is 1. The Hall–Kier alpha value is -3.36. The SMILES string of the molecule is COc1ccccc1-c1nnc(CNC(=O)c2ccc(C(F)(F)F)cc2)o1. The fourth-order valence-electron chi connectivity index (χ4n) is 2.32. The topological polar surface area (TPSA) is 77.3 Å². The number of ether oxygens (including phenoxy) is 1. The molecule has 0 saturated carbocycles. The molecule has 1 amide bonds. The van der Waals surface area contributed by atoms with Gasteiger partial charge in [0.15, 0.2) is 0 Å². The van der Waals surface area contributed by atoms with Crippen molar-refractivity contribution in [3.63, 3.8) is 0 Å². The number of carbonyl (C=O) groups excluding carboxylic acids is 1. The zero-order chi connectivity index (χ0) is 19.4. The minimum Gasteiger partial charge on any atom is -0.496 e. The van der Waals surface area contributed by atoms with Gasteiger partial charge in [0.05, 0.1) is 24.8 Å². The Morgan fingerprint density at radius 3 is 2.48 bits per heavy atom. The van der Waals surface area contributed by atoms with Gasteiger partial charge in [0.1, 0.15) is 5.75 Å². The lowest BCUT2D eigenvalue weighted by Gasteiger charge is -2.07. The molecule has 9 heteroatoms. The Kier molecular flexibility index (Phi) is 5.11. The average Bonchev–Trinajstić information content (AvgIpc) is 3.14. The van der Waals surface area contributed by atoms with Gasteiger partial charge in [-0.2, -0.15) is 13.2 Å². The van der Waals surface area contributed by atoms with E-state index in [1.165, 1.54) is 7.11 Å². The standard InChI is InChI=1S/C18H14F3N3O3/c1-26-14-5-3-2-4-13(14)17-24-23-15(27-17)10-22-16(25)11-6-8-12(9-7-11)18(19,20)21/h2-9H,10H2,1H3,(H,22,25). The molecule has 3 rings (SSSR count). The van der Waals surface area contributed by atoms with Gasteiger partial charge in [0, 0.05) is 5.56 Å². The van der Waals surface area contributed by atoms with Crippen molar-refractivity contribution in [2.24, 2.45) is 0 Å². The summed E-state index contributed by atoms with van der Waals surface area (Å²) in [7, 11) is 1.51. The van der Waals surface area contributed by atoms with Gasteiger partial charge in [-0.1, -0.05) is 12.1 Å². The molecule has 0 spiro atoms. The van der Waals surface area contributed by atoms with Crippen molar-refractivity contribution in [3.8, 4) is 17.2 Å². The quantitative estimate of drug-likeness (QED) is 0.734. The third-order valence-electron chi connectivity index (χ3n) is 3.68. The largest absolute Gasteiger partial charge is 0.496 e. The van der Waals surface area contributed by atoms with E-state index in [4.69, 9.17) is 9.15 Å². The number of halogens is 3. The van der Waals surface area contributed by atoms with Crippen LogP contribution in [-0.4, -0.2) is 23.2 Å². The van der Waals surface area contributed by atoms with Gasteiger partial charge < -0.3 is 14.5 Å². The highest BCUT2D eigenvalue weighted by Crippen LogP contribution is 2.29. The Labute approximate surface area is 152 Å². The second-order valence-electron chi connectivity index (χ2n) is 5.46. The molecule has 27 heavy (non-hydrogen) atoms. The van der Waals surface area contributed by atoms with Crippen LogP contribution in [0.25, 0.3) is 11.5 Å². The summed E-state index contributed by atoms with van der Waals surface area (Å²) in [6.07, 6.45) is -4.45. The van der Waals surface area contributed by atoms with E-state index in [1.807, 2.05) is 0 Å². The number of nitrogens with zero attached hydrogens (tertiary/aromatic N) is 2. The van der Waals surface area contributed by atoms with Crippen LogP contribution in [-0.2, 0) is 12.7 Å². The lowest BCUT2D eigenvalue weighted by Crippen LogP contribution is -2.23. The predicted octanol–water partition coefficient (Wildman–Crippen LogP) is 3.69. The molecule has 0 aliphatic heterocycles. The summed E-state index contributed by atoms with van der Waals surface area (Å²) in [5.74, 6) is 0.379. The average molecular weight is 377 g/mol. The monoisotopic (exact) mass is 377 g/mol. The number of methoxy groups -OCH3 is 1. The van der Waals surface area contributed by atoms with E-state index < -0.39 is 17.6 Å². The lowest BCUT2D eigenvalue weighted by atomic mass is 10.1. The van der Waals surface area contributed by atoms with Gasteiger partial charge >= 0.3 is 6.18 Å². The van der Waals surface area contributed by atoms with Gasteiger partial charge in [-0.3, -0.25) is 4.79 Å². The maximum absolute atomic E-state index is 12.5. The normalized spacial score (nSPS) is 11.3. The molecule has 0 aliphatic carbocycles. The molecule has 0 bridgehead atoms. The van der Waals surface area contributed by atoms with E-state index in [9.17, 15) is 18.0 Å². The minimum absolute atomic E-state index is 0.0675. The summed E-state index contributed by atoms with van der Waals surface area (Å²) in [5, 5.41) is 10.3. The van der Waals surface area contributed by atoms with Crippen LogP contribution in [0.1, 0.15) is 21.8 Å². The van der Waals surface area contributed by atoms with Crippen LogP contribution in [0.2, 0.25) is 0 Å². The van der Waals surface area contributed by atoms with Crippen LogP contribution in [0.5, 0.6) is 5.75 Å². The lowest BCUT2D eigenvalue weighted by molar-refractivity contribution is -0.137. The summed E-state index contributed by atoms with van der Waals surface area (Å²) in [4.78, 5) is 12.1. The van der Waals surface area contributed by atoms with Gasteiger partial charge in [-0.25, -0.2) is 0 Å². The molecule has 0 unspecified atom stereocenters. The van der Waals surface area contributed by atoms with Crippen molar-refractivity contribution in [3.05, 3.63) is 65.5 Å². The molecule has 3 aromatic rings. The van der Waals surface area contributed by atoms with Crippen molar-refractivity contribution >= 4 is 5.91 Å². The van der Waals surface area contributed by atoms with E-state index in [2.05, 4.69) is 15.5 Å². The Morgan fingerprint density at radius 1 is 1.11 bits per heavy atom. The predicted molar refractivity (Wildman–Crippen MR) is 88.9 cm³/mol. The third kappa shape index (κ3) is 4.25. The molecule has 0 aliphatic rings. The fourth-order valence-corrected chi connectivity index (χ4v) is 2.32. The molecular weight excluding hydrogens is 363 g/mol. The minimum atomic E-state index is -4.45. The van der Waals surface area contributed by atoms with Crippen LogP contribution < -0.4 is 10.1 Å². The number of amides is 1. The molecule has 2 aromatic carbocycles. The molecule has 0 fully saturated rings. The van der Waals surface area contributed by atoms with Crippen LogP contribution in [0, 0.1) is 0 Å². The molecule has 0 radical (unpaired) electrons. The maximum Gasteiger partial charge on any atom is 0.416 e. The number of nitrogens with one attached hydrogen (secondary N) is 1. The van der Waals surface area contributed by atoms with Gasteiger partial charge in [0.25, 0.3) is 11.8 Å². The first-order valence-electron chi connectivity index (χ1n) is 7.79. The maximum atomic E-state index is 12.5. The Balaban J connectivity index is 1.65. The molecule has 0 saturated heterocycles. The van der Waals surface area contributed by atoms with Gasteiger partial charge in [0.2, 0.25) is 5.89 Å². The zero-order valence-electron chi connectivity index (χ0n) is 14.1. The number of hydrogen-bond acceptors (Lipinski definition) is 5. The molecular formula is C18H14F3N3O3. The van der Waals surface area contributed by atoms with E-state index in [0.29, 0.717) is 11.3 Å². The van der Waals surface area contributed by atoms with Crippen molar-refractivity contribution in [1.29, 1.82) is 0 Å². The first kappa shape index (κ1) is 18.4. The second kappa shape index (κ2) is 7.48. The highest BCUT2D eigenvalue weighted by atomic mass is 19.4. The highest BCUT2D eigenvalue weighted by Gasteiger charge is 2.30. The molecule has 0 atom stereocenters. The first-order chi connectivity index (χ1) is 12.9. The Bertz CT molecular complexity index is 937. The number of hydrogen-bond donors (Lipinski definition) is 1. The van der Waals surface area contributed by atoms with E-state index in [-0.39, 0.29) is 23.9 Å².